The molecule has 0 aliphatic carbocycles. The van der Waals surface area contributed by atoms with E-state index in [1.54, 1.807) is 17.4 Å². The summed E-state index contributed by atoms with van der Waals surface area (Å²) in [4.78, 5) is 27.1. The molecule has 0 aliphatic heterocycles. The van der Waals surface area contributed by atoms with Crippen molar-refractivity contribution in [2.75, 3.05) is 18.1 Å². The molecule has 0 aliphatic rings. The first-order valence-corrected chi connectivity index (χ1v) is 19.2. The molecular weight excluding hydrogens is 631 g/mol. The lowest BCUT2D eigenvalue weighted by Crippen LogP contribution is -2.65. The number of hydrogen-bond acceptors (Lipinski definition) is 10. The second-order valence-corrected chi connectivity index (χ2v) is 17.8. The van der Waals surface area contributed by atoms with Gasteiger partial charge in [0.25, 0.3) is 8.32 Å². The number of nitrogen functional groups attached to an aromatic ring is 2. The molecule has 0 fully saturated rings. The molecule has 0 unspecified atom stereocenters. The Morgan fingerprint density at radius 3 is 2.13 bits per heavy atom. The Bertz CT molecular complexity index is 1690. The minimum absolute atomic E-state index is 0.0833. The molecule has 0 saturated carbocycles. The van der Waals surface area contributed by atoms with Gasteiger partial charge in [-0.25, -0.2) is 15.0 Å². The highest BCUT2D eigenvalue weighted by atomic mass is 32.2. The summed E-state index contributed by atoms with van der Waals surface area (Å²) in [5.41, 5.74) is 13.5. The average molecular weight is 672 g/mol. The third-order valence-electron chi connectivity index (χ3n) is 8.11. The van der Waals surface area contributed by atoms with E-state index in [0.29, 0.717) is 41.3 Å². The SMILES string of the molecule is CCCc1sc(-c2ccc(O)c(OCCCC(C)(C)[Si](O)(c3ccccc3)c3ccccc3)c2)nc1CSc1nc(N)cc(N)n1. The van der Waals surface area contributed by atoms with Crippen molar-refractivity contribution in [1.29, 1.82) is 0 Å². The zero-order valence-electron chi connectivity index (χ0n) is 26.4. The molecule has 0 amide bonds. The zero-order valence-corrected chi connectivity index (χ0v) is 29.1. The van der Waals surface area contributed by atoms with Crippen LogP contribution in [-0.2, 0) is 12.2 Å². The number of benzene rings is 3. The first-order chi connectivity index (χ1) is 22.1. The minimum Gasteiger partial charge on any atom is -0.504 e. The minimum atomic E-state index is -3.10. The Kier molecular flexibility index (Phi) is 10.7. The van der Waals surface area contributed by atoms with E-state index in [2.05, 4.69) is 30.7 Å². The summed E-state index contributed by atoms with van der Waals surface area (Å²) in [6.45, 7) is 6.85. The first kappa shape index (κ1) is 33.5. The van der Waals surface area contributed by atoms with Crippen LogP contribution in [0.2, 0.25) is 5.04 Å². The molecule has 3 aromatic carbocycles. The van der Waals surface area contributed by atoms with Gasteiger partial charge in [-0.2, -0.15) is 0 Å². The van der Waals surface area contributed by atoms with Crippen molar-refractivity contribution in [2.45, 2.75) is 62.4 Å². The number of phenols is 1. The van der Waals surface area contributed by atoms with Gasteiger partial charge in [-0.1, -0.05) is 99.6 Å². The van der Waals surface area contributed by atoms with Gasteiger partial charge in [0.05, 0.1) is 12.3 Å². The highest BCUT2D eigenvalue weighted by Crippen LogP contribution is 2.41. The van der Waals surface area contributed by atoms with Crippen molar-refractivity contribution in [1.82, 2.24) is 15.0 Å². The predicted molar refractivity (Wildman–Crippen MR) is 193 cm³/mol. The van der Waals surface area contributed by atoms with Crippen LogP contribution >= 0.6 is 23.1 Å². The number of aromatic nitrogens is 3. The van der Waals surface area contributed by atoms with Gasteiger partial charge in [0.2, 0.25) is 0 Å². The fraction of sp³-hybridized carbons (Fsp3) is 0.286. The standard InChI is InChI=1S/C35H41N5O3S2Si/c1-4-12-30-27(23-44-34-39-31(36)22-32(37)40-34)38-33(45-30)24-17-18-28(41)29(21-24)43-20-11-19-35(2,3)46(42,25-13-7-5-8-14-25)26-15-9-6-10-16-26/h5-10,13-18,21-22,41-42H,4,11-12,19-20,23H2,1-3H3,(H4,36,37,39,40). The molecule has 240 valence electrons. The molecule has 0 atom stereocenters. The fourth-order valence-electron chi connectivity index (χ4n) is 5.65. The van der Waals surface area contributed by atoms with Crippen LogP contribution in [0.1, 0.15) is 50.6 Å². The van der Waals surface area contributed by atoms with Gasteiger partial charge in [0, 0.05) is 22.3 Å². The summed E-state index contributed by atoms with van der Waals surface area (Å²) < 4.78 is 6.15. The monoisotopic (exact) mass is 671 g/mol. The Morgan fingerprint density at radius 2 is 1.52 bits per heavy atom. The predicted octanol–water partition coefficient (Wildman–Crippen LogP) is 6.41. The quantitative estimate of drug-likeness (QED) is 0.0457. The second-order valence-electron chi connectivity index (χ2n) is 11.9. The molecule has 0 saturated heterocycles. The van der Waals surface area contributed by atoms with E-state index in [1.165, 1.54) is 22.7 Å². The number of nitrogens with two attached hydrogens (primary N) is 2. The zero-order chi connectivity index (χ0) is 32.7. The van der Waals surface area contributed by atoms with Crippen molar-refractivity contribution in [3.63, 3.8) is 0 Å². The number of rotatable bonds is 14. The average Bonchev–Trinajstić information content (AvgIpc) is 3.45. The van der Waals surface area contributed by atoms with Crippen LogP contribution in [0, 0.1) is 0 Å². The lowest BCUT2D eigenvalue weighted by atomic mass is 10.1. The van der Waals surface area contributed by atoms with Gasteiger partial charge < -0.3 is 26.1 Å². The van der Waals surface area contributed by atoms with Crippen LogP contribution in [-0.4, -0.2) is 39.8 Å². The highest BCUT2D eigenvalue weighted by molar-refractivity contribution is 7.98. The van der Waals surface area contributed by atoms with Crippen molar-refractivity contribution in [3.8, 4) is 22.1 Å². The molecule has 0 bridgehead atoms. The number of thioether (sulfide) groups is 1. The number of phenolic OH excluding ortho intramolecular Hbond substituents is 1. The largest absolute Gasteiger partial charge is 0.504 e. The smallest absolute Gasteiger partial charge is 0.258 e. The van der Waals surface area contributed by atoms with E-state index in [9.17, 15) is 9.90 Å². The van der Waals surface area contributed by atoms with Crippen LogP contribution in [0.25, 0.3) is 10.6 Å². The van der Waals surface area contributed by atoms with E-state index in [0.717, 1.165) is 45.9 Å². The van der Waals surface area contributed by atoms with E-state index in [4.69, 9.17) is 21.2 Å². The van der Waals surface area contributed by atoms with Gasteiger partial charge in [-0.3, -0.25) is 0 Å². The number of hydrogen-bond donors (Lipinski definition) is 4. The van der Waals surface area contributed by atoms with E-state index in [-0.39, 0.29) is 10.8 Å². The number of anilines is 2. The van der Waals surface area contributed by atoms with E-state index in [1.807, 2.05) is 72.8 Å². The maximum Gasteiger partial charge on any atom is 0.258 e. The van der Waals surface area contributed by atoms with Crippen molar-refractivity contribution < 1.29 is 14.6 Å². The molecule has 6 N–H and O–H groups in total. The Labute approximate surface area is 280 Å². The molecule has 2 heterocycles. The van der Waals surface area contributed by atoms with Crippen LogP contribution in [0.15, 0.2) is 90.1 Å². The van der Waals surface area contributed by atoms with Gasteiger partial charge >= 0.3 is 0 Å². The second kappa shape index (κ2) is 14.7. The van der Waals surface area contributed by atoms with Crippen LogP contribution < -0.4 is 26.6 Å². The molecule has 11 heteroatoms. The third kappa shape index (κ3) is 7.55. The van der Waals surface area contributed by atoms with Crippen molar-refractivity contribution in [2.24, 2.45) is 0 Å². The number of aryl methyl sites for hydroxylation is 1. The highest BCUT2D eigenvalue weighted by Gasteiger charge is 2.49. The van der Waals surface area contributed by atoms with Crippen LogP contribution in [0.4, 0.5) is 11.6 Å². The lowest BCUT2D eigenvalue weighted by molar-refractivity contribution is 0.282. The van der Waals surface area contributed by atoms with E-state index < -0.39 is 8.32 Å². The Balaban J connectivity index is 1.28. The lowest BCUT2D eigenvalue weighted by Gasteiger charge is -2.41. The maximum atomic E-state index is 12.4. The van der Waals surface area contributed by atoms with Crippen LogP contribution in [0.3, 0.4) is 0 Å². The summed E-state index contributed by atoms with van der Waals surface area (Å²) in [5.74, 6) is 1.77. The van der Waals surface area contributed by atoms with Gasteiger partial charge in [-0.05, 0) is 52.9 Å². The third-order valence-corrected chi connectivity index (χ3v) is 14.7. The summed E-state index contributed by atoms with van der Waals surface area (Å²) in [5, 5.41) is 13.6. The van der Waals surface area contributed by atoms with Crippen LogP contribution in [0.5, 0.6) is 11.5 Å². The Hall–Kier alpha value is -3.90. The Morgan fingerprint density at radius 1 is 0.891 bits per heavy atom. The molecule has 5 rings (SSSR count). The van der Waals surface area contributed by atoms with Gasteiger partial charge in [0.15, 0.2) is 16.7 Å². The maximum absolute atomic E-state index is 12.4. The fourth-order valence-corrected chi connectivity index (χ4v) is 11.5. The molecule has 0 spiro atoms. The van der Waals surface area contributed by atoms with Gasteiger partial charge in [0.1, 0.15) is 16.6 Å². The number of thiazole rings is 1. The number of ether oxygens (including phenoxy) is 1. The summed E-state index contributed by atoms with van der Waals surface area (Å²) >= 11 is 3.10. The molecule has 2 aromatic heterocycles. The summed E-state index contributed by atoms with van der Waals surface area (Å²) in [6, 6.07) is 27.0. The van der Waals surface area contributed by atoms with Crippen molar-refractivity contribution >= 4 is 53.4 Å². The number of nitrogens with zero attached hydrogens (tertiary/aromatic N) is 3. The molecule has 5 aromatic rings. The topological polar surface area (TPSA) is 140 Å². The summed E-state index contributed by atoms with van der Waals surface area (Å²) in [7, 11) is -3.10. The van der Waals surface area contributed by atoms with Gasteiger partial charge in [-0.15, -0.1) is 11.3 Å². The van der Waals surface area contributed by atoms with E-state index >= 15 is 0 Å². The number of aromatic hydroxyl groups is 1. The molecule has 46 heavy (non-hydrogen) atoms. The first-order valence-electron chi connectivity index (χ1n) is 15.4. The molecule has 8 nitrogen and oxygen atoms in total. The molecular formula is C35H41N5O3S2Si. The molecule has 0 radical (unpaired) electrons. The summed E-state index contributed by atoms with van der Waals surface area (Å²) in [6.07, 6.45) is 3.36. The normalized spacial score (nSPS) is 11.9. The van der Waals surface area contributed by atoms with Crippen molar-refractivity contribution in [3.05, 3.63) is 95.5 Å².